The molecule has 1 heterocycles. The number of hydrogen-bond acceptors (Lipinski definition) is 2. The Morgan fingerprint density at radius 3 is 2.73 bits per heavy atom. The van der Waals surface area contributed by atoms with Gasteiger partial charge >= 0.3 is 0 Å². The largest absolute Gasteiger partial charge is 0.307 e. The van der Waals surface area contributed by atoms with Crippen molar-refractivity contribution in [2.24, 2.45) is 5.92 Å². The van der Waals surface area contributed by atoms with Crippen molar-refractivity contribution in [2.45, 2.75) is 38.1 Å². The maximum Gasteiger partial charge on any atom is 0.150 e. The van der Waals surface area contributed by atoms with Crippen LogP contribution in [0.4, 0.5) is 0 Å². The average Bonchev–Trinajstić information content (AvgIpc) is 2.67. The Bertz CT molecular complexity index is 157. The Labute approximate surface area is 67.4 Å². The van der Waals surface area contributed by atoms with Gasteiger partial charge in [-0.05, 0) is 38.1 Å². The van der Waals surface area contributed by atoms with E-state index in [4.69, 9.17) is 0 Å². The zero-order chi connectivity index (χ0) is 7.68. The molecule has 0 radical (unpaired) electrons. The van der Waals surface area contributed by atoms with Crippen LogP contribution in [0.3, 0.4) is 0 Å². The Kier molecular flexibility index (Phi) is 1.95. The molecule has 0 aromatic carbocycles. The van der Waals surface area contributed by atoms with E-state index < -0.39 is 0 Å². The van der Waals surface area contributed by atoms with E-state index in [9.17, 15) is 4.79 Å². The van der Waals surface area contributed by atoms with Crippen LogP contribution in [-0.2, 0) is 4.79 Å². The molecule has 0 aromatic heterocycles. The van der Waals surface area contributed by atoms with E-state index in [1.165, 1.54) is 19.3 Å². The summed E-state index contributed by atoms with van der Waals surface area (Å²) in [6.45, 7) is 1.04. The van der Waals surface area contributed by atoms with Crippen LogP contribution in [0.15, 0.2) is 0 Å². The molecule has 1 N–H and O–H groups in total. The fraction of sp³-hybridized carbons (Fsp3) is 0.889. The van der Waals surface area contributed by atoms with Gasteiger partial charge in [-0.3, -0.25) is 4.79 Å². The van der Waals surface area contributed by atoms with Crippen molar-refractivity contribution < 1.29 is 4.79 Å². The summed E-state index contributed by atoms with van der Waals surface area (Å²) in [6.07, 6.45) is 5.68. The molecule has 1 saturated carbocycles. The molecular formula is C9H15NO. The van der Waals surface area contributed by atoms with Crippen LogP contribution in [0, 0.1) is 5.92 Å². The van der Waals surface area contributed by atoms with Gasteiger partial charge in [0.15, 0.2) is 0 Å². The van der Waals surface area contributed by atoms with E-state index in [0.717, 1.165) is 25.3 Å². The molecule has 1 unspecified atom stereocenters. The molecule has 0 amide bonds. The topological polar surface area (TPSA) is 29.1 Å². The first-order chi connectivity index (χ1) is 5.36. The predicted molar refractivity (Wildman–Crippen MR) is 43.4 cm³/mol. The molecule has 0 spiro atoms. The number of Topliss-reactive ketones (excluding diaryl/α,β-unsaturated/α-hetero) is 1. The molecule has 2 rings (SSSR count). The van der Waals surface area contributed by atoms with Gasteiger partial charge in [-0.15, -0.1) is 0 Å². The highest BCUT2D eigenvalue weighted by atomic mass is 16.1. The number of nitrogens with one attached hydrogen (secondary N) is 1. The summed E-state index contributed by atoms with van der Waals surface area (Å²) < 4.78 is 0. The fourth-order valence-electron chi connectivity index (χ4n) is 1.71. The minimum absolute atomic E-state index is 0.218. The van der Waals surface area contributed by atoms with Crippen molar-refractivity contribution in [3.63, 3.8) is 0 Å². The normalized spacial score (nSPS) is 30.7. The first-order valence-corrected chi connectivity index (χ1v) is 4.62. The van der Waals surface area contributed by atoms with Gasteiger partial charge in [-0.2, -0.15) is 0 Å². The highest BCUT2D eigenvalue weighted by molar-refractivity contribution is 5.84. The highest BCUT2D eigenvalue weighted by Gasteiger charge is 2.29. The van der Waals surface area contributed by atoms with Crippen molar-refractivity contribution in [2.75, 3.05) is 6.54 Å². The maximum atomic E-state index is 11.4. The van der Waals surface area contributed by atoms with Crippen molar-refractivity contribution in [1.29, 1.82) is 0 Å². The van der Waals surface area contributed by atoms with Crippen LogP contribution in [-0.4, -0.2) is 18.4 Å². The van der Waals surface area contributed by atoms with Crippen LogP contribution in [0.5, 0.6) is 0 Å². The van der Waals surface area contributed by atoms with Gasteiger partial charge in [-0.1, -0.05) is 0 Å². The summed E-state index contributed by atoms with van der Waals surface area (Å²) in [6, 6.07) is 0.218. The lowest BCUT2D eigenvalue weighted by Crippen LogP contribution is -2.30. The second-order valence-electron chi connectivity index (χ2n) is 3.76. The van der Waals surface area contributed by atoms with E-state index in [0.29, 0.717) is 5.78 Å². The van der Waals surface area contributed by atoms with Gasteiger partial charge in [-0.25, -0.2) is 0 Å². The smallest absolute Gasteiger partial charge is 0.150 e. The van der Waals surface area contributed by atoms with Gasteiger partial charge in [0.1, 0.15) is 5.78 Å². The second-order valence-corrected chi connectivity index (χ2v) is 3.76. The lowest BCUT2D eigenvalue weighted by molar-refractivity contribution is -0.121. The first-order valence-electron chi connectivity index (χ1n) is 4.62. The molecule has 1 saturated heterocycles. The minimum atomic E-state index is 0.218. The third-order valence-corrected chi connectivity index (χ3v) is 2.64. The zero-order valence-corrected chi connectivity index (χ0v) is 6.81. The Hall–Kier alpha value is -0.370. The SMILES string of the molecule is O=C(CC1CC1)C1CCCN1. The lowest BCUT2D eigenvalue weighted by atomic mass is 10.1. The van der Waals surface area contributed by atoms with Gasteiger partial charge in [0.2, 0.25) is 0 Å². The summed E-state index contributed by atoms with van der Waals surface area (Å²) in [4.78, 5) is 11.4. The molecule has 62 valence electrons. The third-order valence-electron chi connectivity index (χ3n) is 2.64. The molecule has 11 heavy (non-hydrogen) atoms. The maximum absolute atomic E-state index is 11.4. The van der Waals surface area contributed by atoms with E-state index in [1.54, 1.807) is 0 Å². The van der Waals surface area contributed by atoms with Crippen LogP contribution in [0.2, 0.25) is 0 Å². The molecule has 2 nitrogen and oxygen atoms in total. The van der Waals surface area contributed by atoms with Crippen LogP contribution >= 0.6 is 0 Å². The molecule has 1 aliphatic heterocycles. The van der Waals surface area contributed by atoms with Gasteiger partial charge in [0, 0.05) is 6.42 Å². The zero-order valence-electron chi connectivity index (χ0n) is 6.81. The van der Waals surface area contributed by atoms with Crippen molar-refractivity contribution in [3.05, 3.63) is 0 Å². The monoisotopic (exact) mass is 153 g/mol. The average molecular weight is 153 g/mol. The number of ketones is 1. The Morgan fingerprint density at radius 1 is 1.36 bits per heavy atom. The number of rotatable bonds is 3. The molecule has 2 aliphatic rings. The fourth-order valence-corrected chi connectivity index (χ4v) is 1.71. The van der Waals surface area contributed by atoms with E-state index >= 15 is 0 Å². The molecule has 0 bridgehead atoms. The Balaban J connectivity index is 1.77. The summed E-state index contributed by atoms with van der Waals surface area (Å²) in [5.74, 6) is 1.22. The van der Waals surface area contributed by atoms with Crippen molar-refractivity contribution in [3.8, 4) is 0 Å². The van der Waals surface area contributed by atoms with Crippen molar-refractivity contribution >= 4 is 5.78 Å². The number of carbonyl (C=O) groups excluding carboxylic acids is 1. The number of carbonyl (C=O) groups is 1. The second kappa shape index (κ2) is 2.94. The first kappa shape index (κ1) is 7.29. The van der Waals surface area contributed by atoms with E-state index in [1.807, 2.05) is 0 Å². The van der Waals surface area contributed by atoms with Gasteiger partial charge in [0.05, 0.1) is 6.04 Å². The summed E-state index contributed by atoms with van der Waals surface area (Å²) >= 11 is 0. The van der Waals surface area contributed by atoms with Crippen LogP contribution in [0.25, 0.3) is 0 Å². The molecule has 1 aliphatic carbocycles. The number of hydrogen-bond donors (Lipinski definition) is 1. The van der Waals surface area contributed by atoms with E-state index in [-0.39, 0.29) is 6.04 Å². The predicted octanol–water partition coefficient (Wildman–Crippen LogP) is 1.11. The van der Waals surface area contributed by atoms with Crippen LogP contribution in [0.1, 0.15) is 32.1 Å². The molecule has 0 aromatic rings. The minimum Gasteiger partial charge on any atom is -0.307 e. The molecule has 1 atom stereocenters. The van der Waals surface area contributed by atoms with Gasteiger partial charge in [0.25, 0.3) is 0 Å². The Morgan fingerprint density at radius 2 is 2.18 bits per heavy atom. The molecular weight excluding hydrogens is 138 g/mol. The van der Waals surface area contributed by atoms with Crippen LogP contribution < -0.4 is 5.32 Å². The lowest BCUT2D eigenvalue weighted by Gasteiger charge is -2.06. The molecule has 2 fully saturated rings. The standard InChI is InChI=1S/C9H15NO/c11-9(6-7-3-4-7)8-2-1-5-10-8/h7-8,10H,1-6H2. The molecule has 2 heteroatoms. The third kappa shape index (κ3) is 1.80. The summed E-state index contributed by atoms with van der Waals surface area (Å²) in [7, 11) is 0. The summed E-state index contributed by atoms with van der Waals surface area (Å²) in [5, 5.41) is 3.24. The summed E-state index contributed by atoms with van der Waals surface area (Å²) in [5.41, 5.74) is 0. The van der Waals surface area contributed by atoms with Crippen molar-refractivity contribution in [1.82, 2.24) is 5.32 Å². The van der Waals surface area contributed by atoms with Gasteiger partial charge < -0.3 is 5.32 Å². The highest BCUT2D eigenvalue weighted by Crippen LogP contribution is 2.33. The quantitative estimate of drug-likeness (QED) is 0.658. The van der Waals surface area contributed by atoms with E-state index in [2.05, 4.69) is 5.32 Å².